The van der Waals surface area contributed by atoms with E-state index in [0.717, 1.165) is 24.5 Å². The molecule has 0 fully saturated rings. The molecule has 0 atom stereocenters. The summed E-state index contributed by atoms with van der Waals surface area (Å²) >= 11 is 0. The minimum atomic E-state index is -0.520. The Balaban J connectivity index is 2.33. The van der Waals surface area contributed by atoms with Gasteiger partial charge in [-0.2, -0.15) is 0 Å². The Morgan fingerprint density at radius 3 is 2.82 bits per heavy atom. The summed E-state index contributed by atoms with van der Waals surface area (Å²) in [6.45, 7) is 2.17. The van der Waals surface area contributed by atoms with Gasteiger partial charge in [0.2, 0.25) is 0 Å². The fourth-order valence-electron chi connectivity index (χ4n) is 1.93. The van der Waals surface area contributed by atoms with Gasteiger partial charge in [0, 0.05) is 0 Å². The van der Waals surface area contributed by atoms with E-state index in [-0.39, 0.29) is 5.75 Å². The second-order valence-electron chi connectivity index (χ2n) is 4.24. The van der Waals surface area contributed by atoms with Gasteiger partial charge in [0.05, 0.1) is 11.5 Å². The second-order valence-corrected chi connectivity index (χ2v) is 4.24. The van der Waals surface area contributed by atoms with E-state index in [1.807, 2.05) is 12.1 Å². The van der Waals surface area contributed by atoms with Crippen LogP contribution in [0.4, 0.5) is 0 Å². The molecule has 2 aromatic rings. The molecule has 0 spiro atoms. The fraction of sp³-hybridized carbons (Fsp3) is 0.357. The predicted molar refractivity (Wildman–Crippen MR) is 67.4 cm³/mol. The lowest BCUT2D eigenvalue weighted by Gasteiger charge is -2.03. The topological polar surface area (TPSA) is 50.4 Å². The molecular weight excluding hydrogens is 216 g/mol. The highest BCUT2D eigenvalue weighted by atomic mass is 16.4. The third-order valence-corrected chi connectivity index (χ3v) is 2.85. The molecule has 2 rings (SSSR count). The Hall–Kier alpha value is -1.77. The number of unbranched alkanes of at least 4 members (excludes halogenated alkanes) is 2. The lowest BCUT2D eigenvalue weighted by molar-refractivity contribution is 0.468. The van der Waals surface area contributed by atoms with Crippen LogP contribution in [0, 0.1) is 0 Å². The largest absolute Gasteiger partial charge is 0.507 e. The highest BCUT2D eigenvalue weighted by Gasteiger charge is 2.05. The quantitative estimate of drug-likeness (QED) is 0.650. The van der Waals surface area contributed by atoms with Crippen LogP contribution in [0.3, 0.4) is 0 Å². The summed E-state index contributed by atoms with van der Waals surface area (Å²) in [6.07, 6.45) is 4.52. The molecule has 17 heavy (non-hydrogen) atoms. The molecule has 0 saturated carbocycles. The molecule has 0 aliphatic heterocycles. The van der Waals surface area contributed by atoms with Gasteiger partial charge in [-0.1, -0.05) is 25.8 Å². The smallest absolute Gasteiger partial charge is 0.339 e. The van der Waals surface area contributed by atoms with Crippen LogP contribution in [0.1, 0.15) is 31.7 Å². The number of aryl methyl sites for hydroxylation is 1. The molecule has 1 N–H and O–H groups in total. The van der Waals surface area contributed by atoms with Gasteiger partial charge in [0.15, 0.2) is 0 Å². The van der Waals surface area contributed by atoms with Gasteiger partial charge >= 0.3 is 5.63 Å². The van der Waals surface area contributed by atoms with Crippen molar-refractivity contribution in [2.24, 2.45) is 0 Å². The summed E-state index contributed by atoms with van der Waals surface area (Å²) in [7, 11) is 0. The van der Waals surface area contributed by atoms with Crippen LogP contribution in [0.25, 0.3) is 11.0 Å². The lowest BCUT2D eigenvalue weighted by atomic mass is 10.0. The fourth-order valence-corrected chi connectivity index (χ4v) is 1.93. The van der Waals surface area contributed by atoms with Crippen molar-refractivity contribution in [1.29, 1.82) is 0 Å². The molecule has 90 valence electrons. The lowest BCUT2D eigenvalue weighted by Crippen LogP contribution is -1.96. The number of rotatable bonds is 4. The Bertz CT molecular complexity index is 569. The number of hydrogen-bond acceptors (Lipinski definition) is 3. The first-order chi connectivity index (χ1) is 8.20. The molecular formula is C14H16O3. The zero-order chi connectivity index (χ0) is 12.3. The van der Waals surface area contributed by atoms with E-state index in [2.05, 4.69) is 6.92 Å². The molecule has 1 aromatic carbocycles. The Morgan fingerprint density at radius 2 is 2.06 bits per heavy atom. The molecule has 1 aromatic heterocycles. The third-order valence-electron chi connectivity index (χ3n) is 2.85. The van der Waals surface area contributed by atoms with Crippen LogP contribution in [-0.2, 0) is 6.42 Å². The highest BCUT2D eigenvalue weighted by Crippen LogP contribution is 2.24. The summed E-state index contributed by atoms with van der Waals surface area (Å²) in [4.78, 5) is 11.1. The van der Waals surface area contributed by atoms with Gasteiger partial charge in [-0.05, 0) is 30.5 Å². The summed E-state index contributed by atoms with van der Waals surface area (Å²) < 4.78 is 5.01. The minimum absolute atomic E-state index is 0.00593. The van der Waals surface area contributed by atoms with E-state index in [4.69, 9.17) is 4.42 Å². The maximum atomic E-state index is 11.1. The zero-order valence-corrected chi connectivity index (χ0v) is 9.90. The van der Waals surface area contributed by atoms with E-state index < -0.39 is 5.63 Å². The normalized spacial score (nSPS) is 10.9. The highest BCUT2D eigenvalue weighted by molar-refractivity contribution is 5.83. The molecule has 0 aliphatic carbocycles. The Kier molecular flexibility index (Phi) is 3.47. The number of aromatic hydroxyl groups is 1. The number of hydrogen-bond donors (Lipinski definition) is 1. The van der Waals surface area contributed by atoms with Crippen LogP contribution >= 0.6 is 0 Å². The van der Waals surface area contributed by atoms with Crippen LogP contribution in [0.2, 0.25) is 0 Å². The van der Waals surface area contributed by atoms with Gasteiger partial charge in [0.1, 0.15) is 11.3 Å². The SMILES string of the molecule is CCCCCc1ccc2oc(=O)cc(O)c2c1. The third kappa shape index (κ3) is 2.67. The van der Waals surface area contributed by atoms with Crippen molar-refractivity contribution < 1.29 is 9.52 Å². The maximum absolute atomic E-state index is 11.1. The van der Waals surface area contributed by atoms with E-state index in [1.54, 1.807) is 6.07 Å². The monoisotopic (exact) mass is 232 g/mol. The van der Waals surface area contributed by atoms with Crippen LogP contribution in [0.5, 0.6) is 5.75 Å². The van der Waals surface area contributed by atoms with Gasteiger partial charge in [-0.25, -0.2) is 4.79 Å². The molecule has 0 saturated heterocycles. The van der Waals surface area contributed by atoms with Gasteiger partial charge in [-0.15, -0.1) is 0 Å². The number of fused-ring (bicyclic) bond motifs is 1. The van der Waals surface area contributed by atoms with Crippen molar-refractivity contribution in [2.75, 3.05) is 0 Å². The molecule has 0 unspecified atom stereocenters. The predicted octanol–water partition coefficient (Wildman–Crippen LogP) is 3.23. The zero-order valence-electron chi connectivity index (χ0n) is 9.90. The van der Waals surface area contributed by atoms with Gasteiger partial charge in [0.25, 0.3) is 0 Å². The minimum Gasteiger partial charge on any atom is -0.507 e. The summed E-state index contributed by atoms with van der Waals surface area (Å²) in [6, 6.07) is 6.69. The summed E-state index contributed by atoms with van der Waals surface area (Å²) in [5.41, 5.74) is 1.08. The van der Waals surface area contributed by atoms with Gasteiger partial charge in [-0.3, -0.25) is 0 Å². The van der Waals surface area contributed by atoms with Crippen LogP contribution in [0.15, 0.2) is 33.5 Å². The van der Waals surface area contributed by atoms with E-state index in [1.165, 1.54) is 12.8 Å². The first kappa shape index (κ1) is 11.7. The Morgan fingerprint density at radius 1 is 1.24 bits per heavy atom. The standard InChI is InChI=1S/C14H16O3/c1-2-3-4-5-10-6-7-13-11(8-10)12(15)9-14(16)17-13/h6-9,15H,2-5H2,1H3. The number of benzene rings is 1. The van der Waals surface area contributed by atoms with Crippen molar-refractivity contribution in [3.05, 3.63) is 40.2 Å². The van der Waals surface area contributed by atoms with Crippen molar-refractivity contribution in [3.8, 4) is 5.75 Å². The average molecular weight is 232 g/mol. The molecule has 0 amide bonds. The van der Waals surface area contributed by atoms with E-state index >= 15 is 0 Å². The first-order valence-electron chi connectivity index (χ1n) is 5.96. The first-order valence-corrected chi connectivity index (χ1v) is 5.96. The second kappa shape index (κ2) is 5.04. The van der Waals surface area contributed by atoms with E-state index in [0.29, 0.717) is 11.0 Å². The molecule has 3 nitrogen and oxygen atoms in total. The average Bonchev–Trinajstić information content (AvgIpc) is 2.30. The summed E-state index contributed by atoms with van der Waals surface area (Å²) in [5, 5.41) is 10.3. The van der Waals surface area contributed by atoms with Crippen molar-refractivity contribution in [2.45, 2.75) is 32.6 Å². The Labute approximate surface area is 99.7 Å². The van der Waals surface area contributed by atoms with Crippen molar-refractivity contribution in [1.82, 2.24) is 0 Å². The van der Waals surface area contributed by atoms with Crippen LogP contribution < -0.4 is 5.63 Å². The molecule has 0 aliphatic rings. The molecule has 0 bridgehead atoms. The summed E-state index contributed by atoms with van der Waals surface area (Å²) in [5.74, 6) is -0.00593. The maximum Gasteiger partial charge on any atom is 0.339 e. The molecule has 1 heterocycles. The molecule has 3 heteroatoms. The van der Waals surface area contributed by atoms with Crippen LogP contribution in [-0.4, -0.2) is 5.11 Å². The van der Waals surface area contributed by atoms with Gasteiger partial charge < -0.3 is 9.52 Å². The van der Waals surface area contributed by atoms with Crippen molar-refractivity contribution >= 4 is 11.0 Å². The van der Waals surface area contributed by atoms with E-state index in [9.17, 15) is 9.90 Å². The van der Waals surface area contributed by atoms with Crippen molar-refractivity contribution in [3.63, 3.8) is 0 Å². The molecule has 0 radical (unpaired) electrons.